The first-order valence-corrected chi connectivity index (χ1v) is 7.24. The molecule has 0 bridgehead atoms. The van der Waals surface area contributed by atoms with Gasteiger partial charge in [-0.25, -0.2) is 9.97 Å². The molecule has 1 aromatic heterocycles. The van der Waals surface area contributed by atoms with Crippen molar-refractivity contribution in [1.29, 1.82) is 0 Å². The fourth-order valence-electron chi connectivity index (χ4n) is 1.69. The lowest BCUT2D eigenvalue weighted by Gasteiger charge is -2.08. The molecule has 0 fully saturated rings. The third-order valence-corrected chi connectivity index (χ3v) is 4.27. The lowest BCUT2D eigenvalue weighted by atomic mass is 10.1. The molecule has 94 valence electrons. The number of hydrogen-bond donors (Lipinski definition) is 1. The van der Waals surface area contributed by atoms with Gasteiger partial charge >= 0.3 is 0 Å². The lowest BCUT2D eigenvalue weighted by Crippen LogP contribution is -2.05. The number of nitrogens with two attached hydrogens (primary N) is 1. The van der Waals surface area contributed by atoms with Crippen LogP contribution in [0.3, 0.4) is 0 Å². The Hall–Kier alpha value is -0.940. The van der Waals surface area contributed by atoms with E-state index in [0.29, 0.717) is 12.2 Å². The lowest BCUT2D eigenvalue weighted by molar-refractivity contribution is 0.900. The van der Waals surface area contributed by atoms with Crippen LogP contribution >= 0.6 is 31.9 Å². The topological polar surface area (TPSA) is 51.8 Å². The summed E-state index contributed by atoms with van der Waals surface area (Å²) in [5, 5.41) is 0. The number of nitrogen functional groups attached to an aromatic ring is 1. The quantitative estimate of drug-likeness (QED) is 0.895. The van der Waals surface area contributed by atoms with Crippen LogP contribution in [-0.4, -0.2) is 9.97 Å². The predicted octanol–water partition coefficient (Wildman–Crippen LogP) is 3.74. The van der Waals surface area contributed by atoms with Crippen molar-refractivity contribution >= 4 is 37.7 Å². The molecule has 5 heteroatoms. The largest absolute Gasteiger partial charge is 0.383 e. The molecule has 2 rings (SSSR count). The molecule has 0 spiro atoms. The number of hydrogen-bond acceptors (Lipinski definition) is 3. The minimum absolute atomic E-state index is 0.504. The van der Waals surface area contributed by atoms with Crippen LogP contribution in [-0.2, 0) is 12.8 Å². The fourth-order valence-corrected chi connectivity index (χ4v) is 2.57. The maximum atomic E-state index is 5.88. The van der Waals surface area contributed by atoms with Crippen LogP contribution in [0.5, 0.6) is 0 Å². The molecule has 18 heavy (non-hydrogen) atoms. The molecule has 0 saturated carbocycles. The van der Waals surface area contributed by atoms with Crippen LogP contribution in [0, 0.1) is 0 Å². The summed E-state index contributed by atoms with van der Waals surface area (Å²) in [7, 11) is 0. The molecule has 1 heterocycles. The van der Waals surface area contributed by atoms with Gasteiger partial charge < -0.3 is 5.73 Å². The third-order valence-electron chi connectivity index (χ3n) is 2.63. The first-order chi connectivity index (χ1) is 8.61. The van der Waals surface area contributed by atoms with E-state index in [1.54, 1.807) is 0 Å². The molecular weight excluding hydrogens is 358 g/mol. The molecule has 0 amide bonds. The molecule has 0 unspecified atom stereocenters. The Balaban J connectivity index is 2.36. The van der Waals surface area contributed by atoms with Crippen molar-refractivity contribution in [2.45, 2.75) is 19.8 Å². The molecule has 2 N–H and O–H groups in total. The van der Waals surface area contributed by atoms with Crippen molar-refractivity contribution in [2.24, 2.45) is 0 Å². The summed E-state index contributed by atoms with van der Waals surface area (Å²) in [6.45, 7) is 2.05. The van der Waals surface area contributed by atoms with Crippen molar-refractivity contribution in [1.82, 2.24) is 9.97 Å². The van der Waals surface area contributed by atoms with E-state index in [2.05, 4.69) is 54.8 Å². The first kappa shape index (κ1) is 13.5. The highest BCUT2D eigenvalue weighted by Crippen LogP contribution is 2.23. The predicted molar refractivity (Wildman–Crippen MR) is 80.5 cm³/mol. The molecule has 0 saturated heterocycles. The maximum Gasteiger partial charge on any atom is 0.141 e. The molecule has 0 aliphatic heterocycles. The SMILES string of the molecule is CCc1nc(Cc2ccccc2Br)nc(N)c1Br. The number of aromatic nitrogens is 2. The molecule has 0 aliphatic rings. The summed E-state index contributed by atoms with van der Waals surface area (Å²) in [5.74, 6) is 1.25. The van der Waals surface area contributed by atoms with Crippen LogP contribution in [0.1, 0.15) is 24.0 Å². The maximum absolute atomic E-state index is 5.88. The summed E-state index contributed by atoms with van der Waals surface area (Å²) in [4.78, 5) is 8.85. The Kier molecular flexibility index (Phi) is 4.35. The highest BCUT2D eigenvalue weighted by Gasteiger charge is 2.10. The molecule has 3 nitrogen and oxygen atoms in total. The Bertz CT molecular complexity index is 570. The zero-order valence-electron chi connectivity index (χ0n) is 9.95. The van der Waals surface area contributed by atoms with Gasteiger partial charge in [0.25, 0.3) is 0 Å². The minimum Gasteiger partial charge on any atom is -0.383 e. The number of rotatable bonds is 3. The van der Waals surface area contributed by atoms with Crippen molar-refractivity contribution < 1.29 is 0 Å². The Morgan fingerprint density at radius 2 is 1.89 bits per heavy atom. The Morgan fingerprint density at radius 3 is 2.56 bits per heavy atom. The van der Waals surface area contributed by atoms with E-state index in [-0.39, 0.29) is 0 Å². The molecule has 0 atom stereocenters. The number of aryl methyl sites for hydroxylation is 1. The van der Waals surface area contributed by atoms with Crippen molar-refractivity contribution in [2.75, 3.05) is 5.73 Å². The van der Waals surface area contributed by atoms with Crippen molar-refractivity contribution in [3.05, 3.63) is 50.3 Å². The van der Waals surface area contributed by atoms with Crippen LogP contribution in [0.15, 0.2) is 33.2 Å². The molecule has 1 aromatic carbocycles. The van der Waals surface area contributed by atoms with Gasteiger partial charge in [0.15, 0.2) is 0 Å². The minimum atomic E-state index is 0.504. The van der Waals surface area contributed by atoms with E-state index >= 15 is 0 Å². The average molecular weight is 371 g/mol. The second-order valence-corrected chi connectivity index (χ2v) is 5.55. The van der Waals surface area contributed by atoms with Gasteiger partial charge in [0.1, 0.15) is 11.6 Å². The summed E-state index contributed by atoms with van der Waals surface area (Å²) >= 11 is 6.94. The van der Waals surface area contributed by atoms with Crippen LogP contribution in [0.4, 0.5) is 5.82 Å². The van der Waals surface area contributed by atoms with Crippen LogP contribution in [0.25, 0.3) is 0 Å². The Labute approximate surface area is 123 Å². The van der Waals surface area contributed by atoms with Gasteiger partial charge in [0.2, 0.25) is 0 Å². The molecule has 0 radical (unpaired) electrons. The van der Waals surface area contributed by atoms with E-state index in [0.717, 1.165) is 32.4 Å². The van der Waals surface area contributed by atoms with E-state index in [9.17, 15) is 0 Å². The fraction of sp³-hybridized carbons (Fsp3) is 0.231. The van der Waals surface area contributed by atoms with E-state index in [4.69, 9.17) is 5.73 Å². The highest BCUT2D eigenvalue weighted by atomic mass is 79.9. The number of nitrogens with zero attached hydrogens (tertiary/aromatic N) is 2. The monoisotopic (exact) mass is 369 g/mol. The Morgan fingerprint density at radius 1 is 1.17 bits per heavy atom. The van der Waals surface area contributed by atoms with Gasteiger partial charge in [0.05, 0.1) is 10.2 Å². The highest BCUT2D eigenvalue weighted by molar-refractivity contribution is 9.11. The normalized spacial score (nSPS) is 10.6. The summed E-state index contributed by atoms with van der Waals surface area (Å²) in [6, 6.07) is 8.06. The second kappa shape index (κ2) is 5.80. The van der Waals surface area contributed by atoms with E-state index in [1.807, 2.05) is 18.2 Å². The van der Waals surface area contributed by atoms with Gasteiger partial charge in [-0.1, -0.05) is 41.1 Å². The van der Waals surface area contributed by atoms with Crippen LogP contribution in [0.2, 0.25) is 0 Å². The van der Waals surface area contributed by atoms with E-state index in [1.165, 1.54) is 0 Å². The van der Waals surface area contributed by atoms with Gasteiger partial charge in [-0.3, -0.25) is 0 Å². The zero-order chi connectivity index (χ0) is 13.1. The standard InChI is InChI=1S/C13H13Br2N3/c1-2-10-12(15)13(16)18-11(17-10)7-8-5-3-4-6-9(8)14/h3-6H,2,7H2,1H3,(H2,16,17,18). The zero-order valence-corrected chi connectivity index (χ0v) is 13.1. The second-order valence-electron chi connectivity index (χ2n) is 3.91. The third kappa shape index (κ3) is 2.90. The number of anilines is 1. The number of benzene rings is 1. The summed E-state index contributed by atoms with van der Waals surface area (Å²) < 4.78 is 1.87. The van der Waals surface area contributed by atoms with Gasteiger partial charge in [-0.2, -0.15) is 0 Å². The summed E-state index contributed by atoms with van der Waals surface area (Å²) in [5.41, 5.74) is 7.98. The molecule has 0 aliphatic carbocycles. The van der Waals surface area contributed by atoms with E-state index < -0.39 is 0 Å². The van der Waals surface area contributed by atoms with Gasteiger partial charge in [0, 0.05) is 10.9 Å². The average Bonchev–Trinajstić information content (AvgIpc) is 2.36. The van der Waals surface area contributed by atoms with Gasteiger partial charge in [-0.15, -0.1) is 0 Å². The number of halogens is 2. The van der Waals surface area contributed by atoms with Crippen LogP contribution < -0.4 is 5.73 Å². The summed E-state index contributed by atoms with van der Waals surface area (Å²) in [6.07, 6.45) is 1.50. The first-order valence-electron chi connectivity index (χ1n) is 5.66. The molecular formula is C13H13Br2N3. The van der Waals surface area contributed by atoms with Gasteiger partial charge in [-0.05, 0) is 34.0 Å². The molecule has 2 aromatic rings. The smallest absolute Gasteiger partial charge is 0.141 e. The van der Waals surface area contributed by atoms with Crippen molar-refractivity contribution in [3.8, 4) is 0 Å². The van der Waals surface area contributed by atoms with Crippen molar-refractivity contribution in [3.63, 3.8) is 0 Å².